The van der Waals surface area contributed by atoms with Gasteiger partial charge < -0.3 is 14.6 Å². The monoisotopic (exact) mass is 330 g/mol. The van der Waals surface area contributed by atoms with Crippen molar-refractivity contribution in [1.82, 2.24) is 0 Å². The molecule has 1 aromatic rings. The zero-order chi connectivity index (χ0) is 14.4. The Morgan fingerprint density at radius 1 is 1.42 bits per heavy atom. The van der Waals surface area contributed by atoms with E-state index in [1.807, 2.05) is 6.92 Å². The molecule has 1 rings (SSSR count). The standard InChI is InChI=1S/C14H19BrO4/c1-4-10(14(17)19-5-2)13(16)9-6-7-12(18-3)11(15)8-9/h6-8,10,13,16H,4-5H2,1-3H3. The number of esters is 1. The SMILES string of the molecule is CCOC(=O)C(CC)C(O)c1ccc(OC)c(Br)c1. The lowest BCUT2D eigenvalue weighted by atomic mass is 9.93. The molecule has 4 nitrogen and oxygen atoms in total. The average Bonchev–Trinajstić information content (AvgIpc) is 2.39. The molecule has 2 atom stereocenters. The van der Waals surface area contributed by atoms with Crippen LogP contribution in [-0.2, 0) is 9.53 Å². The number of halogens is 1. The summed E-state index contributed by atoms with van der Waals surface area (Å²) in [4.78, 5) is 11.8. The van der Waals surface area contributed by atoms with E-state index in [2.05, 4.69) is 15.9 Å². The highest BCUT2D eigenvalue weighted by atomic mass is 79.9. The number of benzene rings is 1. The Kier molecular flexibility index (Phi) is 6.31. The molecule has 0 saturated heterocycles. The van der Waals surface area contributed by atoms with E-state index >= 15 is 0 Å². The van der Waals surface area contributed by atoms with E-state index in [0.717, 1.165) is 4.47 Å². The molecule has 2 unspecified atom stereocenters. The summed E-state index contributed by atoms with van der Waals surface area (Å²) >= 11 is 3.36. The van der Waals surface area contributed by atoms with Gasteiger partial charge in [-0.05, 0) is 47.0 Å². The maximum atomic E-state index is 11.8. The second-order valence-electron chi connectivity index (χ2n) is 4.11. The summed E-state index contributed by atoms with van der Waals surface area (Å²) in [6.45, 7) is 3.92. The van der Waals surface area contributed by atoms with Gasteiger partial charge in [0, 0.05) is 0 Å². The van der Waals surface area contributed by atoms with Crippen LogP contribution < -0.4 is 4.74 Å². The minimum atomic E-state index is -0.883. The molecule has 1 N–H and O–H groups in total. The van der Waals surface area contributed by atoms with Crippen molar-refractivity contribution in [3.8, 4) is 5.75 Å². The fraction of sp³-hybridized carbons (Fsp3) is 0.500. The molecule has 0 aliphatic carbocycles. The molecule has 0 fully saturated rings. The van der Waals surface area contributed by atoms with Crippen LogP contribution in [0.3, 0.4) is 0 Å². The molecule has 5 heteroatoms. The van der Waals surface area contributed by atoms with Gasteiger partial charge in [0.2, 0.25) is 0 Å². The van der Waals surface area contributed by atoms with Crippen LogP contribution in [0.25, 0.3) is 0 Å². The molecule has 0 amide bonds. The topological polar surface area (TPSA) is 55.8 Å². The van der Waals surface area contributed by atoms with Gasteiger partial charge in [-0.25, -0.2) is 0 Å². The third kappa shape index (κ3) is 3.94. The molecule has 1 aromatic carbocycles. The minimum Gasteiger partial charge on any atom is -0.496 e. The lowest BCUT2D eigenvalue weighted by Gasteiger charge is -2.20. The second kappa shape index (κ2) is 7.50. The van der Waals surface area contributed by atoms with Crippen molar-refractivity contribution in [3.63, 3.8) is 0 Å². The van der Waals surface area contributed by atoms with Crippen molar-refractivity contribution >= 4 is 21.9 Å². The molecule has 0 heterocycles. The van der Waals surface area contributed by atoms with Crippen LogP contribution in [0.2, 0.25) is 0 Å². The molecular formula is C14H19BrO4. The van der Waals surface area contributed by atoms with Crippen LogP contribution in [0.5, 0.6) is 5.75 Å². The van der Waals surface area contributed by atoms with Crippen LogP contribution in [0.15, 0.2) is 22.7 Å². The van der Waals surface area contributed by atoms with Gasteiger partial charge in [0.05, 0.1) is 30.2 Å². The molecule has 0 radical (unpaired) electrons. The van der Waals surface area contributed by atoms with Crippen molar-refractivity contribution in [3.05, 3.63) is 28.2 Å². The second-order valence-corrected chi connectivity index (χ2v) is 4.96. The van der Waals surface area contributed by atoms with Gasteiger partial charge in [-0.2, -0.15) is 0 Å². The fourth-order valence-electron chi connectivity index (χ4n) is 1.87. The third-order valence-corrected chi connectivity index (χ3v) is 3.55. The number of aliphatic hydroxyl groups is 1. The Hall–Kier alpha value is -1.07. The lowest BCUT2D eigenvalue weighted by Crippen LogP contribution is -2.24. The summed E-state index contributed by atoms with van der Waals surface area (Å²) in [5.74, 6) is -0.246. The third-order valence-electron chi connectivity index (χ3n) is 2.93. The number of ether oxygens (including phenoxy) is 2. The first-order valence-electron chi connectivity index (χ1n) is 6.23. The molecule has 19 heavy (non-hydrogen) atoms. The molecular weight excluding hydrogens is 312 g/mol. The molecule has 0 aliphatic heterocycles. The first kappa shape index (κ1) is 16.0. The number of hydrogen-bond donors (Lipinski definition) is 1. The Morgan fingerprint density at radius 3 is 2.58 bits per heavy atom. The highest BCUT2D eigenvalue weighted by molar-refractivity contribution is 9.10. The fourth-order valence-corrected chi connectivity index (χ4v) is 2.43. The van der Waals surface area contributed by atoms with Gasteiger partial charge in [-0.15, -0.1) is 0 Å². The molecule has 0 aromatic heterocycles. The summed E-state index contributed by atoms with van der Waals surface area (Å²) in [7, 11) is 1.57. The van der Waals surface area contributed by atoms with Crippen molar-refractivity contribution in [1.29, 1.82) is 0 Å². The zero-order valence-corrected chi connectivity index (χ0v) is 12.9. The van der Waals surface area contributed by atoms with Gasteiger partial charge >= 0.3 is 5.97 Å². The summed E-state index contributed by atoms with van der Waals surface area (Å²) in [6, 6.07) is 5.25. The predicted octanol–water partition coefficient (Wildman–Crippen LogP) is 3.08. The summed E-state index contributed by atoms with van der Waals surface area (Å²) < 4.78 is 10.9. The largest absolute Gasteiger partial charge is 0.496 e. The highest BCUT2D eigenvalue weighted by Crippen LogP contribution is 2.32. The maximum absolute atomic E-state index is 11.8. The molecule has 0 spiro atoms. The number of hydrogen-bond acceptors (Lipinski definition) is 4. The van der Waals surface area contributed by atoms with Gasteiger partial charge in [0.25, 0.3) is 0 Å². The van der Waals surface area contributed by atoms with E-state index in [-0.39, 0.29) is 5.97 Å². The summed E-state index contributed by atoms with van der Waals surface area (Å²) in [5.41, 5.74) is 0.660. The highest BCUT2D eigenvalue weighted by Gasteiger charge is 2.28. The Labute approximate surface area is 121 Å². The molecule has 106 valence electrons. The van der Waals surface area contributed by atoms with E-state index in [0.29, 0.717) is 24.3 Å². The zero-order valence-electron chi connectivity index (χ0n) is 11.4. The number of methoxy groups -OCH3 is 1. The van der Waals surface area contributed by atoms with E-state index < -0.39 is 12.0 Å². The van der Waals surface area contributed by atoms with Gasteiger partial charge in [-0.1, -0.05) is 13.0 Å². The van der Waals surface area contributed by atoms with Crippen LogP contribution in [0, 0.1) is 5.92 Å². The lowest BCUT2D eigenvalue weighted by molar-refractivity contribution is -0.152. The molecule has 0 bridgehead atoms. The normalized spacial score (nSPS) is 13.7. The van der Waals surface area contributed by atoms with E-state index in [1.165, 1.54) is 0 Å². The van der Waals surface area contributed by atoms with Crippen molar-refractivity contribution in [2.45, 2.75) is 26.4 Å². The van der Waals surface area contributed by atoms with Crippen LogP contribution in [0.4, 0.5) is 0 Å². The van der Waals surface area contributed by atoms with Gasteiger partial charge in [0.1, 0.15) is 5.75 Å². The first-order valence-corrected chi connectivity index (χ1v) is 7.02. The van der Waals surface area contributed by atoms with Crippen LogP contribution in [0.1, 0.15) is 31.9 Å². The van der Waals surface area contributed by atoms with E-state index in [4.69, 9.17) is 9.47 Å². The van der Waals surface area contributed by atoms with Gasteiger partial charge in [0.15, 0.2) is 0 Å². The van der Waals surface area contributed by atoms with Gasteiger partial charge in [-0.3, -0.25) is 4.79 Å². The number of carbonyl (C=O) groups excluding carboxylic acids is 1. The predicted molar refractivity (Wildman–Crippen MR) is 76.1 cm³/mol. The molecule has 0 aliphatic rings. The minimum absolute atomic E-state index is 0.314. The Balaban J connectivity index is 2.94. The van der Waals surface area contributed by atoms with Crippen LogP contribution >= 0.6 is 15.9 Å². The molecule has 0 saturated carbocycles. The Bertz CT molecular complexity index is 433. The maximum Gasteiger partial charge on any atom is 0.311 e. The number of carbonyl (C=O) groups is 1. The van der Waals surface area contributed by atoms with Crippen molar-refractivity contribution in [2.75, 3.05) is 13.7 Å². The van der Waals surface area contributed by atoms with Crippen molar-refractivity contribution in [2.24, 2.45) is 5.92 Å². The van der Waals surface area contributed by atoms with Crippen LogP contribution in [-0.4, -0.2) is 24.8 Å². The Morgan fingerprint density at radius 2 is 2.11 bits per heavy atom. The first-order chi connectivity index (χ1) is 9.04. The van der Waals surface area contributed by atoms with E-state index in [9.17, 15) is 9.90 Å². The average molecular weight is 331 g/mol. The summed E-state index contributed by atoms with van der Waals surface area (Å²) in [6.07, 6.45) is -0.366. The van der Waals surface area contributed by atoms with E-state index in [1.54, 1.807) is 32.2 Å². The summed E-state index contributed by atoms with van der Waals surface area (Å²) in [5, 5.41) is 10.3. The smallest absolute Gasteiger partial charge is 0.311 e. The number of aliphatic hydroxyl groups excluding tert-OH is 1. The van der Waals surface area contributed by atoms with Crippen molar-refractivity contribution < 1.29 is 19.4 Å². The number of rotatable bonds is 6. The quantitative estimate of drug-likeness (QED) is 0.814.